The van der Waals surface area contributed by atoms with Crippen molar-refractivity contribution in [3.8, 4) is 0 Å². The fraction of sp³-hybridized carbons (Fsp3) is 0.583. The predicted octanol–water partition coefficient (Wildman–Crippen LogP) is 4.29. The van der Waals surface area contributed by atoms with Crippen LogP contribution in [0.1, 0.15) is 25.8 Å². The highest BCUT2D eigenvalue weighted by Crippen LogP contribution is 2.32. The molecule has 0 radical (unpaired) electrons. The molecule has 2 N–H and O–H groups in total. The minimum absolute atomic E-state index is 0.0472. The molecule has 1 aromatic rings. The number of aromatic nitrogens is 1. The van der Waals surface area contributed by atoms with E-state index in [-0.39, 0.29) is 11.6 Å². The van der Waals surface area contributed by atoms with Gasteiger partial charge in [0.25, 0.3) is 0 Å². The van der Waals surface area contributed by atoms with Crippen LogP contribution >= 0.6 is 0 Å². The van der Waals surface area contributed by atoms with E-state index in [1.807, 2.05) is 0 Å². The van der Waals surface area contributed by atoms with Crippen molar-refractivity contribution in [2.45, 2.75) is 38.7 Å². The molecule has 1 aromatic heterocycles. The van der Waals surface area contributed by atoms with Gasteiger partial charge in [-0.3, -0.25) is 0 Å². The first-order chi connectivity index (χ1) is 9.51. The van der Waals surface area contributed by atoms with Gasteiger partial charge < -0.3 is 10.6 Å². The lowest BCUT2D eigenvalue weighted by Gasteiger charge is -2.18. The Hall–Kier alpha value is -1.67. The quantitative estimate of drug-likeness (QED) is 0.796. The van der Waals surface area contributed by atoms with Gasteiger partial charge in [0, 0.05) is 12.6 Å². The molecule has 0 aliphatic carbocycles. The smallest absolute Gasteiger partial charge is 0.370 e. The lowest BCUT2D eigenvalue weighted by atomic mass is 10.2. The Morgan fingerprint density at radius 2 is 1.67 bits per heavy atom. The number of halogens is 6. The van der Waals surface area contributed by atoms with Crippen LogP contribution < -0.4 is 10.6 Å². The van der Waals surface area contributed by atoms with Gasteiger partial charge in [-0.15, -0.1) is 0 Å². The SMILES string of the molecule is CCNc1cc(C(F)(F)F)cc(NC(C)CC(F)(F)F)n1. The van der Waals surface area contributed by atoms with E-state index in [4.69, 9.17) is 0 Å². The van der Waals surface area contributed by atoms with Crippen molar-refractivity contribution in [3.05, 3.63) is 17.7 Å². The minimum atomic E-state index is -4.60. The van der Waals surface area contributed by atoms with Crippen LogP contribution in [0.15, 0.2) is 12.1 Å². The van der Waals surface area contributed by atoms with Crippen molar-refractivity contribution < 1.29 is 26.3 Å². The molecule has 0 aliphatic heterocycles. The van der Waals surface area contributed by atoms with Crippen LogP contribution in [0.2, 0.25) is 0 Å². The molecule has 0 amide bonds. The molecule has 21 heavy (non-hydrogen) atoms. The zero-order valence-corrected chi connectivity index (χ0v) is 11.4. The van der Waals surface area contributed by atoms with Crippen molar-refractivity contribution >= 4 is 11.6 Å². The molecule has 1 rings (SSSR count). The Balaban J connectivity index is 2.98. The van der Waals surface area contributed by atoms with Crippen molar-refractivity contribution in [3.63, 3.8) is 0 Å². The third kappa shape index (κ3) is 6.09. The molecule has 0 fully saturated rings. The van der Waals surface area contributed by atoms with E-state index in [1.165, 1.54) is 6.92 Å². The van der Waals surface area contributed by atoms with Crippen LogP contribution in [0.4, 0.5) is 38.0 Å². The average molecular weight is 315 g/mol. The van der Waals surface area contributed by atoms with Crippen LogP contribution in [0, 0.1) is 0 Å². The van der Waals surface area contributed by atoms with Crippen LogP contribution in [0.25, 0.3) is 0 Å². The molecule has 1 unspecified atom stereocenters. The summed E-state index contributed by atoms with van der Waals surface area (Å²) in [5, 5.41) is 4.95. The van der Waals surface area contributed by atoms with E-state index < -0.39 is 30.4 Å². The number of pyridine rings is 1. The van der Waals surface area contributed by atoms with Crippen molar-refractivity contribution in [1.29, 1.82) is 0 Å². The highest BCUT2D eigenvalue weighted by atomic mass is 19.4. The molecule has 9 heteroatoms. The molecule has 1 heterocycles. The van der Waals surface area contributed by atoms with Gasteiger partial charge in [-0.05, 0) is 26.0 Å². The third-order valence-electron chi connectivity index (χ3n) is 2.44. The Morgan fingerprint density at radius 3 is 2.14 bits per heavy atom. The van der Waals surface area contributed by atoms with Gasteiger partial charge >= 0.3 is 12.4 Å². The summed E-state index contributed by atoms with van der Waals surface area (Å²) >= 11 is 0. The van der Waals surface area contributed by atoms with Gasteiger partial charge in [-0.2, -0.15) is 26.3 Å². The van der Waals surface area contributed by atoms with Gasteiger partial charge in [0.15, 0.2) is 0 Å². The van der Waals surface area contributed by atoms with Gasteiger partial charge in [0.05, 0.1) is 12.0 Å². The zero-order chi connectivity index (χ0) is 16.3. The van der Waals surface area contributed by atoms with Crippen molar-refractivity contribution in [2.75, 3.05) is 17.2 Å². The Kier molecular flexibility index (Phi) is 5.30. The molecular weight excluding hydrogens is 300 g/mol. The van der Waals surface area contributed by atoms with Gasteiger partial charge in [-0.1, -0.05) is 0 Å². The second-order valence-electron chi connectivity index (χ2n) is 4.52. The molecule has 120 valence electrons. The van der Waals surface area contributed by atoms with E-state index in [9.17, 15) is 26.3 Å². The Labute approximate surface area is 117 Å². The zero-order valence-electron chi connectivity index (χ0n) is 11.4. The normalized spacial score (nSPS) is 13.9. The molecule has 0 saturated carbocycles. The van der Waals surface area contributed by atoms with Crippen LogP contribution in [-0.4, -0.2) is 23.7 Å². The van der Waals surface area contributed by atoms with E-state index in [0.717, 1.165) is 6.07 Å². The predicted molar refractivity (Wildman–Crippen MR) is 67.2 cm³/mol. The maximum Gasteiger partial charge on any atom is 0.416 e. The maximum atomic E-state index is 12.7. The number of nitrogens with zero attached hydrogens (tertiary/aromatic N) is 1. The van der Waals surface area contributed by atoms with Crippen molar-refractivity contribution in [2.24, 2.45) is 0 Å². The largest absolute Gasteiger partial charge is 0.416 e. The summed E-state index contributed by atoms with van der Waals surface area (Å²) in [7, 11) is 0. The maximum absolute atomic E-state index is 12.7. The summed E-state index contributed by atoms with van der Waals surface area (Å²) in [6, 6.07) is 0.409. The van der Waals surface area contributed by atoms with Gasteiger partial charge in [-0.25, -0.2) is 4.98 Å². The number of nitrogens with one attached hydrogen (secondary N) is 2. The van der Waals surface area contributed by atoms with Crippen LogP contribution in [0.5, 0.6) is 0 Å². The fourth-order valence-corrected chi connectivity index (χ4v) is 1.69. The van der Waals surface area contributed by atoms with E-state index >= 15 is 0 Å². The Bertz CT molecular complexity index is 469. The average Bonchev–Trinajstić information content (AvgIpc) is 2.24. The number of alkyl halides is 6. The number of anilines is 2. The van der Waals surface area contributed by atoms with Crippen molar-refractivity contribution in [1.82, 2.24) is 4.98 Å². The minimum Gasteiger partial charge on any atom is -0.370 e. The molecule has 3 nitrogen and oxygen atoms in total. The second kappa shape index (κ2) is 6.40. The Morgan fingerprint density at radius 1 is 1.10 bits per heavy atom. The monoisotopic (exact) mass is 315 g/mol. The van der Waals surface area contributed by atoms with E-state index in [0.29, 0.717) is 12.6 Å². The number of hydrogen-bond donors (Lipinski definition) is 2. The molecule has 0 bridgehead atoms. The third-order valence-corrected chi connectivity index (χ3v) is 2.44. The number of rotatable bonds is 5. The summed E-state index contributed by atoms with van der Waals surface area (Å²) < 4.78 is 74.9. The molecule has 1 atom stereocenters. The molecule has 0 saturated heterocycles. The molecule has 0 aliphatic rings. The lowest BCUT2D eigenvalue weighted by molar-refractivity contribution is -0.138. The van der Waals surface area contributed by atoms with E-state index in [2.05, 4.69) is 15.6 Å². The van der Waals surface area contributed by atoms with Crippen LogP contribution in [0.3, 0.4) is 0 Å². The topological polar surface area (TPSA) is 37.0 Å². The first-order valence-electron chi connectivity index (χ1n) is 6.17. The molecular formula is C12H15F6N3. The summed E-state index contributed by atoms with van der Waals surface area (Å²) in [6.07, 6.45) is -10.2. The van der Waals surface area contributed by atoms with Crippen LogP contribution in [-0.2, 0) is 6.18 Å². The first kappa shape index (κ1) is 17.4. The molecule has 0 aromatic carbocycles. The highest BCUT2D eigenvalue weighted by Gasteiger charge is 2.33. The number of hydrogen-bond acceptors (Lipinski definition) is 3. The first-order valence-corrected chi connectivity index (χ1v) is 6.17. The van der Waals surface area contributed by atoms with E-state index in [1.54, 1.807) is 6.92 Å². The standard InChI is InChI=1S/C12H15F6N3/c1-3-19-9-4-8(12(16,17)18)5-10(21-9)20-7(2)6-11(13,14)15/h4-5,7H,3,6H2,1-2H3,(H2,19,20,21). The lowest BCUT2D eigenvalue weighted by Crippen LogP contribution is -2.24. The van der Waals surface area contributed by atoms with Gasteiger partial charge in [0.1, 0.15) is 11.6 Å². The second-order valence-corrected chi connectivity index (χ2v) is 4.52. The molecule has 0 spiro atoms. The fourth-order valence-electron chi connectivity index (χ4n) is 1.69. The van der Waals surface area contributed by atoms with Gasteiger partial charge in [0.2, 0.25) is 0 Å². The summed E-state index contributed by atoms with van der Waals surface area (Å²) in [5.74, 6) is -0.299. The summed E-state index contributed by atoms with van der Waals surface area (Å²) in [6.45, 7) is 3.23. The highest BCUT2D eigenvalue weighted by molar-refractivity contribution is 5.50. The summed E-state index contributed by atoms with van der Waals surface area (Å²) in [4.78, 5) is 3.82. The summed E-state index contributed by atoms with van der Waals surface area (Å²) in [5.41, 5.74) is -0.977.